The lowest BCUT2D eigenvalue weighted by atomic mass is 9.95. The van der Waals surface area contributed by atoms with Crippen molar-refractivity contribution in [1.29, 1.82) is 0 Å². The number of aromatic nitrogens is 5. The van der Waals surface area contributed by atoms with Crippen molar-refractivity contribution in [3.63, 3.8) is 0 Å². The van der Waals surface area contributed by atoms with E-state index in [1.54, 1.807) is 19.1 Å². The summed E-state index contributed by atoms with van der Waals surface area (Å²) in [5.74, 6) is 1.03. The van der Waals surface area contributed by atoms with Gasteiger partial charge in [-0.1, -0.05) is 31.4 Å². The van der Waals surface area contributed by atoms with Crippen LogP contribution in [0.1, 0.15) is 37.7 Å². The summed E-state index contributed by atoms with van der Waals surface area (Å²) in [5.41, 5.74) is 0.855. The quantitative estimate of drug-likeness (QED) is 0.749. The van der Waals surface area contributed by atoms with E-state index in [4.69, 9.17) is 4.98 Å². The van der Waals surface area contributed by atoms with Crippen molar-refractivity contribution in [2.24, 2.45) is 0 Å². The molecule has 0 atom stereocenters. The van der Waals surface area contributed by atoms with Crippen molar-refractivity contribution < 1.29 is 4.39 Å². The van der Waals surface area contributed by atoms with Crippen LogP contribution in [0.3, 0.4) is 0 Å². The minimum atomic E-state index is -0.312. The van der Waals surface area contributed by atoms with Gasteiger partial charge in [0.1, 0.15) is 5.82 Å². The van der Waals surface area contributed by atoms with Gasteiger partial charge < -0.3 is 9.88 Å². The molecule has 146 valence electrons. The molecule has 0 saturated heterocycles. The zero-order valence-corrected chi connectivity index (χ0v) is 16.0. The molecule has 28 heavy (non-hydrogen) atoms. The number of aryl methyl sites for hydroxylation is 1. The highest BCUT2D eigenvalue weighted by Crippen LogP contribution is 2.28. The van der Waals surface area contributed by atoms with Crippen LogP contribution in [0.5, 0.6) is 0 Å². The minimum absolute atomic E-state index is 0.288. The molecule has 0 radical (unpaired) electrons. The summed E-state index contributed by atoms with van der Waals surface area (Å²) in [7, 11) is 1.99. The van der Waals surface area contributed by atoms with Crippen LogP contribution in [0.15, 0.2) is 35.4 Å². The zero-order valence-electron chi connectivity index (χ0n) is 16.0. The fourth-order valence-corrected chi connectivity index (χ4v) is 3.63. The molecule has 7 nitrogen and oxygen atoms in total. The van der Waals surface area contributed by atoms with Crippen molar-refractivity contribution in [2.75, 3.05) is 11.9 Å². The summed E-state index contributed by atoms with van der Waals surface area (Å²) in [5, 5.41) is 4.62. The highest BCUT2D eigenvalue weighted by atomic mass is 19.1. The third-order valence-electron chi connectivity index (χ3n) is 5.34. The molecule has 0 spiro atoms. The number of rotatable bonds is 4. The van der Waals surface area contributed by atoms with Gasteiger partial charge in [0.2, 0.25) is 5.95 Å². The Morgan fingerprint density at radius 1 is 1.21 bits per heavy atom. The predicted octanol–water partition coefficient (Wildman–Crippen LogP) is 3.23. The summed E-state index contributed by atoms with van der Waals surface area (Å²) in [6.07, 6.45) is 7.18. The van der Waals surface area contributed by atoms with Crippen LogP contribution in [0.25, 0.3) is 17.2 Å². The number of aromatic amines is 1. The van der Waals surface area contributed by atoms with Crippen LogP contribution in [-0.2, 0) is 0 Å². The van der Waals surface area contributed by atoms with Crippen molar-refractivity contribution in [3.8, 4) is 17.2 Å². The van der Waals surface area contributed by atoms with Crippen molar-refractivity contribution in [1.82, 2.24) is 24.7 Å². The second-order valence-corrected chi connectivity index (χ2v) is 7.28. The minimum Gasteiger partial charge on any atom is -0.340 e. The number of hydrogen-bond acceptors (Lipinski definition) is 5. The van der Waals surface area contributed by atoms with Gasteiger partial charge in [-0.05, 0) is 31.4 Å². The molecule has 8 heteroatoms. The van der Waals surface area contributed by atoms with Crippen molar-refractivity contribution >= 4 is 5.95 Å². The molecule has 1 aliphatic carbocycles. The molecule has 1 aliphatic rings. The second kappa shape index (κ2) is 7.53. The Morgan fingerprint density at radius 3 is 2.71 bits per heavy atom. The Hall–Kier alpha value is -3.03. The number of halogens is 1. The monoisotopic (exact) mass is 382 g/mol. The number of benzene rings is 1. The molecule has 1 fully saturated rings. The first-order chi connectivity index (χ1) is 13.5. The highest BCUT2D eigenvalue weighted by Gasteiger charge is 2.24. The van der Waals surface area contributed by atoms with Crippen LogP contribution in [-0.4, -0.2) is 37.8 Å². The maximum Gasteiger partial charge on any atom is 0.252 e. The molecule has 3 aromatic rings. The van der Waals surface area contributed by atoms with Gasteiger partial charge in [0.15, 0.2) is 11.6 Å². The summed E-state index contributed by atoms with van der Waals surface area (Å²) in [4.78, 5) is 25.3. The lowest BCUT2D eigenvalue weighted by Gasteiger charge is -2.30. The van der Waals surface area contributed by atoms with Crippen LogP contribution in [0, 0.1) is 12.7 Å². The Kier molecular flexibility index (Phi) is 4.93. The molecular formula is C20H23FN6O. The zero-order chi connectivity index (χ0) is 19.7. The first-order valence-corrected chi connectivity index (χ1v) is 9.54. The summed E-state index contributed by atoms with van der Waals surface area (Å²) in [6.45, 7) is 1.71. The lowest BCUT2D eigenvalue weighted by Crippen LogP contribution is -2.34. The van der Waals surface area contributed by atoms with Crippen LogP contribution >= 0.6 is 0 Å². The van der Waals surface area contributed by atoms with E-state index in [1.165, 1.54) is 42.4 Å². The Balaban J connectivity index is 1.81. The number of nitrogens with one attached hydrogen (secondary N) is 1. The molecule has 0 unspecified atom stereocenters. The molecule has 1 N–H and O–H groups in total. The SMILES string of the molecule is Cc1ccc(-c2nc(N(C)C3CCCCC3)nn2-c2cc(=O)[nH]cn2)cc1F. The average Bonchev–Trinajstić information content (AvgIpc) is 3.15. The summed E-state index contributed by atoms with van der Waals surface area (Å²) < 4.78 is 15.7. The van der Waals surface area contributed by atoms with Gasteiger partial charge in [0.05, 0.1) is 6.33 Å². The van der Waals surface area contributed by atoms with Gasteiger partial charge in [-0.25, -0.2) is 9.37 Å². The lowest BCUT2D eigenvalue weighted by molar-refractivity contribution is 0.424. The summed E-state index contributed by atoms with van der Waals surface area (Å²) in [6, 6.07) is 6.68. The Morgan fingerprint density at radius 2 is 2.00 bits per heavy atom. The number of nitrogens with zero attached hydrogens (tertiary/aromatic N) is 5. The predicted molar refractivity (Wildman–Crippen MR) is 105 cm³/mol. The highest BCUT2D eigenvalue weighted by molar-refractivity contribution is 5.60. The second-order valence-electron chi connectivity index (χ2n) is 7.28. The van der Waals surface area contributed by atoms with E-state index in [2.05, 4.69) is 20.0 Å². The van der Waals surface area contributed by atoms with Gasteiger partial charge in [0, 0.05) is 24.7 Å². The molecule has 2 aromatic heterocycles. The van der Waals surface area contributed by atoms with Gasteiger partial charge in [-0.2, -0.15) is 9.67 Å². The maximum absolute atomic E-state index is 14.2. The van der Waals surface area contributed by atoms with E-state index >= 15 is 0 Å². The normalized spacial score (nSPS) is 15.0. The maximum atomic E-state index is 14.2. The number of hydrogen-bond donors (Lipinski definition) is 1. The fraction of sp³-hybridized carbons (Fsp3) is 0.400. The summed E-state index contributed by atoms with van der Waals surface area (Å²) >= 11 is 0. The molecule has 0 bridgehead atoms. The van der Waals surface area contributed by atoms with E-state index in [-0.39, 0.29) is 11.4 Å². The van der Waals surface area contributed by atoms with E-state index in [9.17, 15) is 9.18 Å². The first-order valence-electron chi connectivity index (χ1n) is 9.54. The molecule has 0 aliphatic heterocycles. The third-order valence-corrected chi connectivity index (χ3v) is 5.34. The first kappa shape index (κ1) is 18.3. The molecule has 0 amide bonds. The molecule has 4 rings (SSSR count). The molecular weight excluding hydrogens is 359 g/mol. The van der Waals surface area contributed by atoms with E-state index < -0.39 is 0 Å². The van der Waals surface area contributed by atoms with Gasteiger partial charge in [-0.3, -0.25) is 4.79 Å². The van der Waals surface area contributed by atoms with Crippen LogP contribution in [0.4, 0.5) is 10.3 Å². The Bertz CT molecular complexity index is 1040. The smallest absolute Gasteiger partial charge is 0.252 e. The third kappa shape index (κ3) is 3.54. The Labute approximate surface area is 162 Å². The van der Waals surface area contributed by atoms with E-state index in [0.717, 1.165) is 12.8 Å². The van der Waals surface area contributed by atoms with Crippen molar-refractivity contribution in [3.05, 3.63) is 52.3 Å². The van der Waals surface area contributed by atoms with E-state index in [0.29, 0.717) is 34.8 Å². The standard InChI is InChI=1S/C20H23FN6O/c1-13-8-9-14(10-16(13)21)19-24-20(26(2)15-6-4-3-5-7-15)25-27(19)17-11-18(28)23-12-22-17/h8-12,15H,3-7H2,1-2H3,(H,22,23,28). The fourth-order valence-electron chi connectivity index (χ4n) is 3.63. The van der Waals surface area contributed by atoms with Gasteiger partial charge in [-0.15, -0.1) is 5.10 Å². The number of H-pyrrole nitrogens is 1. The number of anilines is 1. The molecule has 1 saturated carbocycles. The topological polar surface area (TPSA) is 79.7 Å². The largest absolute Gasteiger partial charge is 0.340 e. The van der Waals surface area contributed by atoms with Gasteiger partial charge in [0.25, 0.3) is 5.56 Å². The molecule has 2 heterocycles. The van der Waals surface area contributed by atoms with Gasteiger partial charge >= 0.3 is 0 Å². The van der Waals surface area contributed by atoms with Crippen LogP contribution < -0.4 is 10.5 Å². The van der Waals surface area contributed by atoms with E-state index in [1.807, 2.05) is 7.05 Å². The molecule has 1 aromatic carbocycles. The van der Waals surface area contributed by atoms with Crippen molar-refractivity contribution in [2.45, 2.75) is 45.1 Å². The average molecular weight is 382 g/mol. The van der Waals surface area contributed by atoms with Crippen LogP contribution in [0.2, 0.25) is 0 Å².